The molecule has 3 aliphatic rings. The molecule has 3 fully saturated rings. The van der Waals surface area contributed by atoms with Crippen molar-refractivity contribution in [3.63, 3.8) is 0 Å². The van der Waals surface area contributed by atoms with Crippen molar-refractivity contribution in [2.24, 2.45) is 16.3 Å². The quantitative estimate of drug-likeness (QED) is 0.603. The number of aliphatic imine (C=N–C) groups is 1. The van der Waals surface area contributed by atoms with Crippen LogP contribution in [0, 0.1) is 11.3 Å². The van der Waals surface area contributed by atoms with Gasteiger partial charge in [0.25, 0.3) is 0 Å². The van der Waals surface area contributed by atoms with E-state index in [2.05, 4.69) is 29.5 Å². The highest BCUT2D eigenvalue weighted by molar-refractivity contribution is 5.81. The lowest BCUT2D eigenvalue weighted by atomic mass is 9.51. The maximum atomic E-state index is 5.89. The van der Waals surface area contributed by atoms with Crippen molar-refractivity contribution in [2.45, 2.75) is 64.1 Å². The Labute approximate surface area is 116 Å². The summed E-state index contributed by atoms with van der Waals surface area (Å²) in [6, 6.07) is 1.18. The molecule has 1 spiro atoms. The minimum atomic E-state index is 0.406. The molecule has 2 N–H and O–H groups in total. The molecule has 0 saturated heterocycles. The third-order valence-electron chi connectivity index (χ3n) is 5.40. The first-order valence-electron chi connectivity index (χ1n) is 7.81. The number of hydrogen-bond donors (Lipinski definition) is 2. The van der Waals surface area contributed by atoms with Gasteiger partial charge >= 0.3 is 0 Å². The van der Waals surface area contributed by atoms with Gasteiger partial charge in [0.2, 0.25) is 0 Å². The summed E-state index contributed by atoms with van der Waals surface area (Å²) in [4.78, 5) is 4.37. The second-order valence-corrected chi connectivity index (χ2v) is 6.50. The fourth-order valence-corrected chi connectivity index (χ4v) is 3.68. The molecule has 3 saturated carbocycles. The summed E-state index contributed by atoms with van der Waals surface area (Å²) in [6.07, 6.45) is 6.86. The summed E-state index contributed by atoms with van der Waals surface area (Å²) in [7, 11) is 1.87. The fourth-order valence-electron chi connectivity index (χ4n) is 3.68. The second kappa shape index (κ2) is 4.97. The zero-order valence-electron chi connectivity index (χ0n) is 12.4. The summed E-state index contributed by atoms with van der Waals surface area (Å²) in [5.41, 5.74) is 0.406. The Kier molecular flexibility index (Phi) is 3.46. The van der Waals surface area contributed by atoms with E-state index in [9.17, 15) is 0 Å². The van der Waals surface area contributed by atoms with E-state index in [1.807, 2.05) is 7.05 Å². The molecule has 3 rings (SSSR count). The normalized spacial score (nSPS) is 39.4. The molecule has 4 nitrogen and oxygen atoms in total. The van der Waals surface area contributed by atoms with Gasteiger partial charge in [0, 0.05) is 31.2 Å². The number of nitrogens with one attached hydrogen (secondary N) is 2. The summed E-state index contributed by atoms with van der Waals surface area (Å²) in [5.74, 6) is 1.79. The van der Waals surface area contributed by atoms with E-state index in [-0.39, 0.29) is 0 Å². The Hall–Kier alpha value is -0.770. The van der Waals surface area contributed by atoms with E-state index < -0.39 is 0 Å². The molecule has 19 heavy (non-hydrogen) atoms. The van der Waals surface area contributed by atoms with E-state index in [4.69, 9.17) is 4.74 Å². The van der Waals surface area contributed by atoms with Gasteiger partial charge in [0.05, 0.1) is 6.10 Å². The van der Waals surface area contributed by atoms with E-state index in [1.165, 1.54) is 25.7 Å². The van der Waals surface area contributed by atoms with Gasteiger partial charge in [-0.25, -0.2) is 0 Å². The van der Waals surface area contributed by atoms with Gasteiger partial charge in [0.15, 0.2) is 5.96 Å². The van der Waals surface area contributed by atoms with E-state index >= 15 is 0 Å². The molecule has 4 atom stereocenters. The van der Waals surface area contributed by atoms with Crippen LogP contribution in [0.5, 0.6) is 0 Å². The lowest BCUT2D eigenvalue weighted by Crippen LogP contribution is -2.68. The van der Waals surface area contributed by atoms with Crippen LogP contribution in [0.4, 0.5) is 0 Å². The lowest BCUT2D eigenvalue weighted by molar-refractivity contribution is -0.168. The molecule has 0 bridgehead atoms. The predicted octanol–water partition coefficient (Wildman–Crippen LogP) is 1.91. The highest BCUT2D eigenvalue weighted by Gasteiger charge is 2.59. The van der Waals surface area contributed by atoms with Crippen molar-refractivity contribution in [3.8, 4) is 0 Å². The van der Waals surface area contributed by atoms with Crippen LogP contribution >= 0.6 is 0 Å². The van der Waals surface area contributed by atoms with Crippen LogP contribution in [0.2, 0.25) is 0 Å². The molecular weight excluding hydrogens is 238 g/mol. The summed E-state index contributed by atoms with van der Waals surface area (Å²) in [6.45, 7) is 5.22. The Balaban J connectivity index is 1.55. The monoisotopic (exact) mass is 265 g/mol. The van der Waals surface area contributed by atoms with Crippen LogP contribution in [0.25, 0.3) is 0 Å². The molecule has 0 aliphatic heterocycles. The van der Waals surface area contributed by atoms with Crippen LogP contribution in [0.1, 0.15) is 46.0 Å². The third kappa shape index (κ3) is 2.24. The highest BCUT2D eigenvalue weighted by atomic mass is 16.5. The molecule has 108 valence electrons. The molecule has 0 aromatic rings. The van der Waals surface area contributed by atoms with Crippen molar-refractivity contribution < 1.29 is 4.74 Å². The Morgan fingerprint density at radius 1 is 1.32 bits per heavy atom. The van der Waals surface area contributed by atoms with Gasteiger partial charge in [0.1, 0.15) is 0 Å². The largest absolute Gasteiger partial charge is 0.378 e. The standard InChI is InChI=1S/C15H27N3O/c1-4-19-13-9-12(15(13)6-5-7-15)18-14(16-3)17-11-8-10(11)2/h10-13H,4-9H2,1-3H3,(H2,16,17,18). The SMILES string of the molecule is CCOC1CC(NC(=NC)NC2CC2C)C12CCC2. The van der Waals surface area contributed by atoms with Gasteiger partial charge in [-0.15, -0.1) is 0 Å². The number of rotatable bonds is 4. The maximum Gasteiger partial charge on any atom is 0.191 e. The van der Waals surface area contributed by atoms with Crippen molar-refractivity contribution in [2.75, 3.05) is 13.7 Å². The summed E-state index contributed by atoms with van der Waals surface area (Å²) < 4.78 is 5.89. The zero-order valence-corrected chi connectivity index (χ0v) is 12.4. The number of guanidine groups is 1. The Morgan fingerprint density at radius 2 is 2.05 bits per heavy atom. The van der Waals surface area contributed by atoms with E-state index in [0.29, 0.717) is 23.6 Å². The fraction of sp³-hybridized carbons (Fsp3) is 0.933. The molecule has 0 amide bonds. The Bertz CT molecular complexity index is 364. The molecule has 4 heteroatoms. The third-order valence-corrected chi connectivity index (χ3v) is 5.40. The van der Waals surface area contributed by atoms with E-state index in [0.717, 1.165) is 24.9 Å². The first-order valence-corrected chi connectivity index (χ1v) is 7.81. The first-order chi connectivity index (χ1) is 9.19. The van der Waals surface area contributed by atoms with Crippen LogP contribution in [-0.4, -0.2) is 37.8 Å². The molecule has 3 aliphatic carbocycles. The number of nitrogens with zero attached hydrogens (tertiary/aromatic N) is 1. The lowest BCUT2D eigenvalue weighted by Gasteiger charge is -2.61. The van der Waals surface area contributed by atoms with Gasteiger partial charge in [-0.05, 0) is 38.5 Å². The molecule has 0 aromatic heterocycles. The van der Waals surface area contributed by atoms with Crippen LogP contribution < -0.4 is 10.6 Å². The van der Waals surface area contributed by atoms with Gasteiger partial charge in [-0.2, -0.15) is 0 Å². The zero-order chi connectivity index (χ0) is 13.5. The average molecular weight is 265 g/mol. The minimum absolute atomic E-state index is 0.406. The molecule has 0 aromatic carbocycles. The Morgan fingerprint density at radius 3 is 2.53 bits per heavy atom. The van der Waals surface area contributed by atoms with E-state index in [1.54, 1.807) is 0 Å². The molecule has 0 radical (unpaired) electrons. The number of ether oxygens (including phenoxy) is 1. The smallest absolute Gasteiger partial charge is 0.191 e. The number of hydrogen-bond acceptors (Lipinski definition) is 2. The van der Waals surface area contributed by atoms with Crippen molar-refractivity contribution >= 4 is 5.96 Å². The first kappa shape index (κ1) is 13.2. The molecule has 0 heterocycles. The molecule has 4 unspecified atom stereocenters. The van der Waals surface area contributed by atoms with Crippen LogP contribution in [-0.2, 0) is 4.74 Å². The van der Waals surface area contributed by atoms with Gasteiger partial charge in [-0.3, -0.25) is 4.99 Å². The second-order valence-electron chi connectivity index (χ2n) is 6.50. The van der Waals surface area contributed by atoms with Crippen molar-refractivity contribution in [1.82, 2.24) is 10.6 Å². The predicted molar refractivity (Wildman–Crippen MR) is 77.3 cm³/mol. The van der Waals surface area contributed by atoms with Crippen molar-refractivity contribution in [1.29, 1.82) is 0 Å². The van der Waals surface area contributed by atoms with Gasteiger partial charge < -0.3 is 15.4 Å². The topological polar surface area (TPSA) is 45.6 Å². The summed E-state index contributed by atoms with van der Waals surface area (Å²) in [5, 5.41) is 7.16. The summed E-state index contributed by atoms with van der Waals surface area (Å²) >= 11 is 0. The van der Waals surface area contributed by atoms with Crippen LogP contribution in [0.15, 0.2) is 4.99 Å². The average Bonchev–Trinajstić information content (AvgIpc) is 3.00. The maximum absolute atomic E-state index is 5.89. The highest BCUT2D eigenvalue weighted by Crippen LogP contribution is 2.57. The minimum Gasteiger partial charge on any atom is -0.378 e. The molecular formula is C15H27N3O. The van der Waals surface area contributed by atoms with Crippen molar-refractivity contribution in [3.05, 3.63) is 0 Å². The van der Waals surface area contributed by atoms with Gasteiger partial charge in [-0.1, -0.05) is 13.3 Å². The van der Waals surface area contributed by atoms with Crippen LogP contribution in [0.3, 0.4) is 0 Å².